The number of nitrogens with zero attached hydrogens (tertiary/aromatic N) is 3. The number of rotatable bonds is 5. The van der Waals surface area contributed by atoms with Gasteiger partial charge in [0.25, 0.3) is 0 Å². The van der Waals surface area contributed by atoms with Crippen LogP contribution in [0.3, 0.4) is 0 Å². The fourth-order valence-electron chi connectivity index (χ4n) is 3.01. The number of thiazole rings is 1. The Labute approximate surface area is 141 Å². The number of piperidine rings is 1. The van der Waals surface area contributed by atoms with Crippen LogP contribution in [0.2, 0.25) is 0 Å². The van der Waals surface area contributed by atoms with Crippen LogP contribution in [-0.4, -0.2) is 53.3 Å². The van der Waals surface area contributed by atoms with Crippen molar-refractivity contribution in [2.75, 3.05) is 26.7 Å². The fourth-order valence-corrected chi connectivity index (χ4v) is 3.92. The van der Waals surface area contributed by atoms with Crippen LogP contribution in [0.1, 0.15) is 41.4 Å². The Kier molecular flexibility index (Phi) is 5.75. The second-order valence-corrected chi connectivity index (χ2v) is 7.72. The summed E-state index contributed by atoms with van der Waals surface area (Å²) in [6.07, 6.45) is 1.48. The maximum Gasteiger partial charge on any atom is 0.237 e. The summed E-state index contributed by atoms with van der Waals surface area (Å²) < 4.78 is 0. The average Bonchev–Trinajstić information content (AvgIpc) is 2.84. The van der Waals surface area contributed by atoms with Crippen LogP contribution in [0, 0.1) is 19.8 Å². The molecule has 1 saturated heterocycles. The van der Waals surface area contributed by atoms with Gasteiger partial charge in [0.1, 0.15) is 0 Å². The minimum atomic E-state index is -0.226. The number of primary amides is 1. The smallest absolute Gasteiger partial charge is 0.237 e. The highest BCUT2D eigenvalue weighted by Gasteiger charge is 2.27. The van der Waals surface area contributed by atoms with Gasteiger partial charge in [-0.3, -0.25) is 14.5 Å². The molecule has 2 N–H and O–H groups in total. The number of hydrogen-bond donors (Lipinski definition) is 1. The molecule has 1 aliphatic heterocycles. The Morgan fingerprint density at radius 3 is 2.48 bits per heavy atom. The summed E-state index contributed by atoms with van der Waals surface area (Å²) in [5, 5.41) is 1.03. The molecule has 128 valence electrons. The largest absolute Gasteiger partial charge is 0.369 e. The van der Waals surface area contributed by atoms with Gasteiger partial charge in [-0.1, -0.05) is 0 Å². The molecule has 0 aromatic carbocycles. The van der Waals surface area contributed by atoms with E-state index < -0.39 is 0 Å². The van der Waals surface area contributed by atoms with Crippen molar-refractivity contribution in [2.24, 2.45) is 11.7 Å². The monoisotopic (exact) mass is 338 g/mol. The van der Waals surface area contributed by atoms with Crippen molar-refractivity contribution in [3.63, 3.8) is 0 Å². The topological polar surface area (TPSA) is 79.5 Å². The van der Waals surface area contributed by atoms with Crippen LogP contribution >= 0.6 is 11.3 Å². The SMILES string of the molecule is Cc1nc([C@@H](C)N(C)C(=O)CN2CCC(C(N)=O)CC2)c(C)s1. The summed E-state index contributed by atoms with van der Waals surface area (Å²) in [5.74, 6) is -0.185. The molecule has 23 heavy (non-hydrogen) atoms. The minimum Gasteiger partial charge on any atom is -0.369 e. The number of likely N-dealkylation sites (tertiary alicyclic amines) is 1. The third kappa shape index (κ3) is 4.29. The molecule has 1 fully saturated rings. The zero-order valence-corrected chi connectivity index (χ0v) is 15.2. The van der Waals surface area contributed by atoms with E-state index in [1.807, 2.05) is 27.8 Å². The molecule has 0 unspecified atom stereocenters. The molecule has 1 aromatic heterocycles. The molecular weight excluding hydrogens is 312 g/mol. The molecular formula is C16H26N4O2S. The van der Waals surface area contributed by atoms with Crippen LogP contribution in [-0.2, 0) is 9.59 Å². The van der Waals surface area contributed by atoms with Gasteiger partial charge in [-0.05, 0) is 46.7 Å². The van der Waals surface area contributed by atoms with Gasteiger partial charge in [-0.2, -0.15) is 0 Å². The summed E-state index contributed by atoms with van der Waals surface area (Å²) >= 11 is 1.66. The molecule has 7 heteroatoms. The first-order valence-corrected chi connectivity index (χ1v) is 8.82. The molecule has 0 bridgehead atoms. The van der Waals surface area contributed by atoms with Crippen molar-refractivity contribution in [3.05, 3.63) is 15.6 Å². The molecule has 2 rings (SSSR count). The quantitative estimate of drug-likeness (QED) is 0.882. The lowest BCUT2D eigenvalue weighted by atomic mass is 9.96. The molecule has 0 saturated carbocycles. The average molecular weight is 338 g/mol. The maximum absolute atomic E-state index is 12.5. The number of carbonyl (C=O) groups excluding carboxylic acids is 2. The van der Waals surface area contributed by atoms with Crippen LogP contribution in [0.15, 0.2) is 0 Å². The van der Waals surface area contributed by atoms with Crippen molar-refractivity contribution >= 4 is 23.2 Å². The molecule has 2 amide bonds. The molecule has 1 aliphatic rings. The number of carbonyl (C=O) groups is 2. The number of likely N-dealkylation sites (N-methyl/N-ethyl adjacent to an activating group) is 1. The highest BCUT2D eigenvalue weighted by Crippen LogP contribution is 2.26. The molecule has 6 nitrogen and oxygen atoms in total. The van der Waals surface area contributed by atoms with Crippen molar-refractivity contribution in [2.45, 2.75) is 39.7 Å². The fraction of sp³-hybridized carbons (Fsp3) is 0.688. The van der Waals surface area contributed by atoms with Gasteiger partial charge in [0.2, 0.25) is 11.8 Å². The van der Waals surface area contributed by atoms with Gasteiger partial charge >= 0.3 is 0 Å². The lowest BCUT2D eigenvalue weighted by Gasteiger charge is -2.32. The van der Waals surface area contributed by atoms with Gasteiger partial charge in [-0.15, -0.1) is 11.3 Å². The number of aromatic nitrogens is 1. The standard InChI is InChI=1S/C16H26N4O2S/c1-10(15-11(2)23-12(3)18-15)19(4)14(21)9-20-7-5-13(6-8-20)16(17)22/h10,13H,5-9H2,1-4H3,(H2,17,22)/t10-/m1/s1. The van der Waals surface area contributed by atoms with E-state index in [0.717, 1.165) is 41.5 Å². The normalized spacial score (nSPS) is 17.9. The van der Waals surface area contributed by atoms with E-state index in [0.29, 0.717) is 6.54 Å². The number of hydrogen-bond acceptors (Lipinski definition) is 5. The van der Waals surface area contributed by atoms with E-state index in [4.69, 9.17) is 5.73 Å². The Hall–Kier alpha value is -1.47. The number of amides is 2. The van der Waals surface area contributed by atoms with Gasteiger partial charge in [0, 0.05) is 17.8 Å². The second kappa shape index (κ2) is 7.40. The molecule has 2 heterocycles. The first-order chi connectivity index (χ1) is 10.8. The zero-order valence-electron chi connectivity index (χ0n) is 14.3. The second-order valence-electron chi connectivity index (χ2n) is 6.31. The molecule has 1 atom stereocenters. The predicted molar refractivity (Wildman–Crippen MR) is 91.1 cm³/mol. The van der Waals surface area contributed by atoms with Crippen LogP contribution in [0.5, 0.6) is 0 Å². The Bertz CT molecular complexity index is 579. The Morgan fingerprint density at radius 1 is 1.39 bits per heavy atom. The van der Waals surface area contributed by atoms with Crippen LogP contribution in [0.25, 0.3) is 0 Å². The van der Waals surface area contributed by atoms with Crippen molar-refractivity contribution in [1.82, 2.24) is 14.8 Å². The van der Waals surface area contributed by atoms with Gasteiger partial charge in [-0.25, -0.2) is 4.98 Å². The third-order valence-electron chi connectivity index (χ3n) is 4.66. The van der Waals surface area contributed by atoms with Crippen molar-refractivity contribution in [3.8, 4) is 0 Å². The number of aryl methyl sites for hydroxylation is 2. The van der Waals surface area contributed by atoms with E-state index in [1.165, 1.54) is 0 Å². The summed E-state index contributed by atoms with van der Waals surface area (Å²) in [6, 6.07) is -0.0318. The Morgan fingerprint density at radius 2 is 2.00 bits per heavy atom. The van der Waals surface area contributed by atoms with Crippen LogP contribution in [0.4, 0.5) is 0 Å². The highest BCUT2D eigenvalue weighted by atomic mass is 32.1. The van der Waals surface area contributed by atoms with Gasteiger partial charge in [0.05, 0.1) is 23.3 Å². The summed E-state index contributed by atoms with van der Waals surface area (Å²) in [6.45, 7) is 7.92. The lowest BCUT2D eigenvalue weighted by Crippen LogP contribution is -2.44. The molecule has 0 radical (unpaired) electrons. The predicted octanol–water partition coefficient (Wildman–Crippen LogP) is 1.48. The molecule has 0 spiro atoms. The summed E-state index contributed by atoms with van der Waals surface area (Å²) in [4.78, 5) is 33.3. The van der Waals surface area contributed by atoms with Gasteiger partial charge < -0.3 is 10.6 Å². The number of nitrogens with two attached hydrogens (primary N) is 1. The zero-order chi connectivity index (χ0) is 17.1. The first-order valence-electron chi connectivity index (χ1n) is 8.00. The van der Waals surface area contributed by atoms with E-state index in [9.17, 15) is 9.59 Å². The maximum atomic E-state index is 12.5. The van der Waals surface area contributed by atoms with Gasteiger partial charge in [0.15, 0.2) is 0 Å². The van der Waals surface area contributed by atoms with Crippen molar-refractivity contribution < 1.29 is 9.59 Å². The molecule has 1 aromatic rings. The lowest BCUT2D eigenvalue weighted by molar-refractivity contribution is -0.133. The minimum absolute atomic E-state index is 0.0318. The third-order valence-corrected chi connectivity index (χ3v) is 5.56. The van der Waals surface area contributed by atoms with E-state index in [2.05, 4.69) is 9.88 Å². The van der Waals surface area contributed by atoms with E-state index in [-0.39, 0.29) is 23.8 Å². The van der Waals surface area contributed by atoms with Crippen molar-refractivity contribution in [1.29, 1.82) is 0 Å². The summed E-state index contributed by atoms with van der Waals surface area (Å²) in [7, 11) is 1.83. The highest BCUT2D eigenvalue weighted by molar-refractivity contribution is 7.11. The van der Waals surface area contributed by atoms with E-state index >= 15 is 0 Å². The van der Waals surface area contributed by atoms with E-state index in [1.54, 1.807) is 16.2 Å². The Balaban J connectivity index is 1.90. The first kappa shape index (κ1) is 17.9. The summed E-state index contributed by atoms with van der Waals surface area (Å²) in [5.41, 5.74) is 6.33. The van der Waals surface area contributed by atoms with Crippen LogP contribution < -0.4 is 5.73 Å². The molecule has 0 aliphatic carbocycles.